The minimum atomic E-state index is -3.83. The second-order valence-electron chi connectivity index (χ2n) is 11.3. The lowest BCUT2D eigenvalue weighted by molar-refractivity contribution is -0.0751. The van der Waals surface area contributed by atoms with E-state index in [2.05, 4.69) is 11.8 Å². The Balaban J connectivity index is 1.24. The van der Waals surface area contributed by atoms with Crippen molar-refractivity contribution in [2.45, 2.75) is 86.5 Å². The van der Waals surface area contributed by atoms with Gasteiger partial charge in [0, 0.05) is 36.2 Å². The Bertz CT molecular complexity index is 1090. The number of ether oxygens (including phenoxy) is 2. The van der Waals surface area contributed by atoms with Crippen LogP contribution < -0.4 is 0 Å². The third-order valence-corrected chi connectivity index (χ3v) is 10.9. The number of carbonyl (C=O) groups excluding carboxylic acids is 1. The molecule has 10 heteroatoms. The molecule has 36 heavy (non-hydrogen) atoms. The zero-order chi connectivity index (χ0) is 25.1. The molecule has 0 N–H and O–H groups in total. The molecule has 5 fully saturated rings. The molecule has 0 aromatic heterocycles. The first-order valence-corrected chi connectivity index (χ1v) is 15.2. The highest BCUT2D eigenvalue weighted by Crippen LogP contribution is 2.49. The van der Waals surface area contributed by atoms with Crippen LogP contribution in [0, 0.1) is 5.92 Å². The Hall–Kier alpha value is -1.39. The summed E-state index contributed by atoms with van der Waals surface area (Å²) >= 11 is 6.04. The molecule has 5 aliphatic rings. The van der Waals surface area contributed by atoms with Crippen molar-refractivity contribution in [1.29, 1.82) is 0 Å². The van der Waals surface area contributed by atoms with Crippen molar-refractivity contribution < 1.29 is 22.7 Å². The molecule has 2 unspecified atom stereocenters. The predicted molar refractivity (Wildman–Crippen MR) is 135 cm³/mol. The van der Waals surface area contributed by atoms with Gasteiger partial charge in [-0.2, -0.15) is 4.31 Å². The summed E-state index contributed by atoms with van der Waals surface area (Å²) in [7, 11) is -3.83. The van der Waals surface area contributed by atoms with Crippen LogP contribution in [0.4, 0.5) is 4.79 Å². The smallest absolute Gasteiger partial charge is 0.410 e. The van der Waals surface area contributed by atoms with Crippen molar-refractivity contribution in [2.75, 3.05) is 32.8 Å². The molecule has 2 saturated carbocycles. The molecule has 1 aromatic carbocycles. The van der Waals surface area contributed by atoms with Gasteiger partial charge in [0.15, 0.2) is 0 Å². The fourth-order valence-electron chi connectivity index (χ4n) is 6.50. The van der Waals surface area contributed by atoms with E-state index in [1.807, 2.05) is 4.90 Å². The van der Waals surface area contributed by atoms with Crippen LogP contribution in [0.2, 0.25) is 5.02 Å². The predicted octanol–water partition coefficient (Wildman–Crippen LogP) is 3.74. The molecular formula is C26H36ClN3O5S. The number of hydrogen-bond donors (Lipinski definition) is 0. The van der Waals surface area contributed by atoms with Gasteiger partial charge in [0.1, 0.15) is 5.60 Å². The summed E-state index contributed by atoms with van der Waals surface area (Å²) in [5, 5.41) is 0.493. The number of nitrogens with zero attached hydrogens (tertiary/aromatic N) is 3. The molecule has 8 nitrogen and oxygen atoms in total. The lowest BCUT2D eigenvalue weighted by atomic mass is 10.0. The molecule has 2 bridgehead atoms. The van der Waals surface area contributed by atoms with Crippen molar-refractivity contribution in [3.05, 3.63) is 29.3 Å². The first kappa shape index (κ1) is 24.9. The van der Waals surface area contributed by atoms with Crippen LogP contribution in [0.1, 0.15) is 51.9 Å². The lowest BCUT2D eigenvalue weighted by Gasteiger charge is -2.44. The van der Waals surface area contributed by atoms with E-state index in [0.29, 0.717) is 43.0 Å². The Labute approximate surface area is 218 Å². The van der Waals surface area contributed by atoms with Crippen molar-refractivity contribution in [1.82, 2.24) is 14.1 Å². The zero-order valence-corrected chi connectivity index (χ0v) is 22.4. The summed E-state index contributed by atoms with van der Waals surface area (Å²) in [4.78, 5) is 18.0. The summed E-state index contributed by atoms with van der Waals surface area (Å²) < 4.78 is 41.9. The van der Waals surface area contributed by atoms with Gasteiger partial charge >= 0.3 is 6.09 Å². The fraction of sp³-hybridized carbons (Fsp3) is 0.731. The highest BCUT2D eigenvalue weighted by atomic mass is 35.5. The third-order valence-electron chi connectivity index (χ3n) is 8.68. The monoisotopic (exact) mass is 537 g/mol. The molecule has 1 aromatic rings. The van der Waals surface area contributed by atoms with Crippen molar-refractivity contribution in [3.8, 4) is 0 Å². The van der Waals surface area contributed by atoms with Gasteiger partial charge in [-0.3, -0.25) is 4.90 Å². The number of hydrogen-bond acceptors (Lipinski definition) is 6. The second-order valence-corrected chi connectivity index (χ2v) is 13.6. The molecule has 0 radical (unpaired) electrons. The largest absolute Gasteiger partial charge is 0.441 e. The van der Waals surface area contributed by atoms with Crippen LogP contribution in [0.3, 0.4) is 0 Å². The Kier molecular flexibility index (Phi) is 6.52. The zero-order valence-electron chi connectivity index (χ0n) is 20.9. The summed E-state index contributed by atoms with van der Waals surface area (Å²) in [6, 6.07) is 6.13. The van der Waals surface area contributed by atoms with E-state index in [1.165, 1.54) is 0 Å². The Morgan fingerprint density at radius 2 is 1.89 bits per heavy atom. The van der Waals surface area contributed by atoms with Gasteiger partial charge < -0.3 is 14.4 Å². The number of carbonyl (C=O) groups is 1. The van der Waals surface area contributed by atoms with Gasteiger partial charge in [0.25, 0.3) is 0 Å². The average molecular weight is 538 g/mol. The number of halogens is 1. The van der Waals surface area contributed by atoms with Crippen LogP contribution >= 0.6 is 11.6 Å². The molecular weight excluding hydrogens is 502 g/mol. The maximum Gasteiger partial charge on any atom is 0.410 e. The van der Waals surface area contributed by atoms with Gasteiger partial charge in [-0.05, 0) is 68.8 Å². The second kappa shape index (κ2) is 9.42. The number of amides is 1. The molecule has 0 spiro atoms. The summed E-state index contributed by atoms with van der Waals surface area (Å²) in [6.45, 7) is 5.44. The summed E-state index contributed by atoms with van der Waals surface area (Å²) in [6.07, 6.45) is 6.14. The van der Waals surface area contributed by atoms with Crippen molar-refractivity contribution >= 4 is 27.7 Å². The maximum absolute atomic E-state index is 14.0. The highest BCUT2D eigenvalue weighted by Gasteiger charge is 2.61. The molecule has 3 saturated heterocycles. The SMILES string of the molecule is CCCN1CC2CC1CN2C(=O)OC1([C@H]2COC[C@@H](CC3CC3)N2S(=O)(=O)c2ccc(Cl)cc2)CC1. The minimum absolute atomic E-state index is 0.184. The normalized spacial score (nSPS) is 32.1. The van der Waals surface area contributed by atoms with E-state index in [9.17, 15) is 13.2 Å². The van der Waals surface area contributed by atoms with Crippen molar-refractivity contribution in [2.24, 2.45) is 5.92 Å². The number of sulfonamides is 1. The Morgan fingerprint density at radius 1 is 1.14 bits per heavy atom. The number of rotatable bonds is 8. The molecule has 2 aliphatic carbocycles. The number of fused-ring (bicyclic) bond motifs is 2. The number of morpholine rings is 1. The maximum atomic E-state index is 14.0. The van der Waals surface area contributed by atoms with E-state index in [0.717, 1.165) is 45.2 Å². The molecule has 1 amide bonds. The van der Waals surface area contributed by atoms with Gasteiger partial charge in [-0.1, -0.05) is 31.4 Å². The summed E-state index contributed by atoms with van der Waals surface area (Å²) in [5.74, 6) is 0.532. The molecule has 198 valence electrons. The van der Waals surface area contributed by atoms with Crippen LogP contribution in [0.25, 0.3) is 0 Å². The number of piperazine rings is 1. The lowest BCUT2D eigenvalue weighted by Crippen LogP contribution is -2.61. The quantitative estimate of drug-likeness (QED) is 0.502. The first-order valence-electron chi connectivity index (χ1n) is 13.4. The summed E-state index contributed by atoms with van der Waals surface area (Å²) in [5.41, 5.74) is -0.830. The van der Waals surface area contributed by atoms with Gasteiger partial charge in [-0.25, -0.2) is 13.2 Å². The first-order chi connectivity index (χ1) is 17.3. The van der Waals surface area contributed by atoms with Gasteiger partial charge in [-0.15, -0.1) is 0 Å². The topological polar surface area (TPSA) is 79.4 Å². The Morgan fingerprint density at radius 3 is 2.50 bits per heavy atom. The fourth-order valence-corrected chi connectivity index (χ4v) is 8.47. The van der Waals surface area contributed by atoms with Crippen LogP contribution in [0.5, 0.6) is 0 Å². The van der Waals surface area contributed by atoms with E-state index in [-0.39, 0.29) is 29.7 Å². The van der Waals surface area contributed by atoms with E-state index >= 15 is 0 Å². The molecule has 4 atom stereocenters. The van der Waals surface area contributed by atoms with E-state index in [4.69, 9.17) is 21.1 Å². The van der Waals surface area contributed by atoms with Gasteiger partial charge in [0.2, 0.25) is 10.0 Å². The average Bonchev–Trinajstić information content (AvgIpc) is 3.76. The number of likely N-dealkylation sites (tertiary alicyclic amines) is 2. The van der Waals surface area contributed by atoms with E-state index in [1.54, 1.807) is 28.6 Å². The van der Waals surface area contributed by atoms with Crippen LogP contribution in [-0.2, 0) is 19.5 Å². The standard InChI is InChI=1S/C26H36ClN3O5S/c1-2-11-28-14-21-13-20(28)15-29(21)25(31)35-26(9-10-26)24-17-34-16-22(12-18-3-4-18)30(24)36(32,33)23-7-5-19(27)6-8-23/h5-8,18,20-22,24H,2-4,9-17H2,1H3/t20?,21?,22-,24-/m1/s1. The third kappa shape index (κ3) is 4.55. The van der Waals surface area contributed by atoms with Crippen LogP contribution in [-0.4, -0.2) is 91.2 Å². The van der Waals surface area contributed by atoms with Gasteiger partial charge in [0.05, 0.1) is 24.2 Å². The molecule has 6 rings (SSSR count). The van der Waals surface area contributed by atoms with Crippen molar-refractivity contribution in [3.63, 3.8) is 0 Å². The number of benzene rings is 1. The molecule has 3 heterocycles. The highest BCUT2D eigenvalue weighted by molar-refractivity contribution is 7.89. The molecule has 3 aliphatic heterocycles. The minimum Gasteiger partial charge on any atom is -0.441 e. The van der Waals surface area contributed by atoms with Crippen LogP contribution in [0.15, 0.2) is 29.2 Å². The van der Waals surface area contributed by atoms with E-state index < -0.39 is 21.7 Å².